The zero-order valence-electron chi connectivity index (χ0n) is 15.3. The van der Waals surface area contributed by atoms with Gasteiger partial charge in [-0.25, -0.2) is 8.78 Å². The lowest BCUT2D eigenvalue weighted by atomic mass is 10.1. The third kappa shape index (κ3) is 4.20. The van der Waals surface area contributed by atoms with E-state index in [4.69, 9.17) is 9.47 Å². The van der Waals surface area contributed by atoms with Gasteiger partial charge in [0.1, 0.15) is 17.3 Å². The summed E-state index contributed by atoms with van der Waals surface area (Å²) >= 11 is 0. The molecule has 0 saturated heterocycles. The molecule has 0 aliphatic rings. The Hall–Kier alpha value is -3.61. The van der Waals surface area contributed by atoms with E-state index in [9.17, 15) is 13.6 Å². The Morgan fingerprint density at radius 2 is 1.43 bits per heavy atom. The number of halogens is 2. The summed E-state index contributed by atoms with van der Waals surface area (Å²) in [6.45, 7) is 0. The number of rotatable bonds is 6. The van der Waals surface area contributed by atoms with Crippen molar-refractivity contribution < 1.29 is 23.0 Å². The van der Waals surface area contributed by atoms with E-state index in [1.54, 1.807) is 42.5 Å². The van der Waals surface area contributed by atoms with Gasteiger partial charge in [0.2, 0.25) is 0 Å². The van der Waals surface area contributed by atoms with E-state index >= 15 is 0 Å². The van der Waals surface area contributed by atoms with Gasteiger partial charge < -0.3 is 20.1 Å². The summed E-state index contributed by atoms with van der Waals surface area (Å²) in [5.41, 5.74) is 1.17. The molecule has 0 unspecified atom stereocenters. The monoisotopic (exact) mass is 384 g/mol. The van der Waals surface area contributed by atoms with Gasteiger partial charge in [0, 0.05) is 16.9 Å². The Labute approximate surface area is 160 Å². The van der Waals surface area contributed by atoms with Crippen LogP contribution in [-0.2, 0) is 0 Å². The molecule has 2 N–H and O–H groups in total. The van der Waals surface area contributed by atoms with E-state index in [1.807, 2.05) is 0 Å². The predicted molar refractivity (Wildman–Crippen MR) is 104 cm³/mol. The number of benzene rings is 3. The number of amides is 1. The quantitative estimate of drug-likeness (QED) is 0.629. The van der Waals surface area contributed by atoms with Crippen molar-refractivity contribution in [1.29, 1.82) is 0 Å². The highest BCUT2D eigenvalue weighted by molar-refractivity contribution is 6.04. The summed E-state index contributed by atoms with van der Waals surface area (Å²) in [4.78, 5) is 12.4. The lowest BCUT2D eigenvalue weighted by molar-refractivity contribution is 0.102. The lowest BCUT2D eigenvalue weighted by Crippen LogP contribution is -2.12. The molecule has 28 heavy (non-hydrogen) atoms. The number of carbonyl (C=O) groups is 1. The normalized spacial score (nSPS) is 10.3. The Kier molecular flexibility index (Phi) is 5.74. The fourth-order valence-corrected chi connectivity index (χ4v) is 2.58. The Bertz CT molecular complexity index is 971. The smallest absolute Gasteiger partial charge is 0.255 e. The maximum absolute atomic E-state index is 13.7. The molecule has 0 bridgehead atoms. The summed E-state index contributed by atoms with van der Waals surface area (Å²) in [5, 5.41) is 5.44. The van der Waals surface area contributed by atoms with Gasteiger partial charge in [-0.15, -0.1) is 0 Å². The van der Waals surface area contributed by atoms with Crippen molar-refractivity contribution in [2.75, 3.05) is 24.9 Å². The Morgan fingerprint density at radius 1 is 0.821 bits per heavy atom. The highest BCUT2D eigenvalue weighted by atomic mass is 19.1. The minimum Gasteiger partial charge on any atom is -0.493 e. The molecule has 1 amide bonds. The summed E-state index contributed by atoms with van der Waals surface area (Å²) in [6.07, 6.45) is 0. The molecule has 0 aromatic heterocycles. The summed E-state index contributed by atoms with van der Waals surface area (Å²) < 4.78 is 37.8. The van der Waals surface area contributed by atoms with Gasteiger partial charge in [0.25, 0.3) is 5.91 Å². The first kappa shape index (κ1) is 19.2. The van der Waals surface area contributed by atoms with Crippen LogP contribution in [0.1, 0.15) is 10.4 Å². The number of hydrogen-bond donors (Lipinski definition) is 2. The highest BCUT2D eigenvalue weighted by Crippen LogP contribution is 2.28. The van der Waals surface area contributed by atoms with Crippen LogP contribution in [0.4, 0.5) is 25.8 Å². The van der Waals surface area contributed by atoms with E-state index in [0.29, 0.717) is 28.4 Å². The van der Waals surface area contributed by atoms with Crippen molar-refractivity contribution in [3.05, 3.63) is 77.9 Å². The van der Waals surface area contributed by atoms with Crippen LogP contribution in [0.15, 0.2) is 60.7 Å². The molecule has 7 heteroatoms. The first-order chi connectivity index (χ1) is 13.5. The third-order valence-corrected chi connectivity index (χ3v) is 4.02. The van der Waals surface area contributed by atoms with Crippen molar-refractivity contribution in [1.82, 2.24) is 0 Å². The molecule has 3 aromatic carbocycles. The van der Waals surface area contributed by atoms with Gasteiger partial charge in [-0.3, -0.25) is 4.79 Å². The van der Waals surface area contributed by atoms with E-state index in [2.05, 4.69) is 10.6 Å². The Balaban J connectivity index is 1.71. The molecule has 0 saturated carbocycles. The second-order valence-electron chi connectivity index (χ2n) is 5.82. The van der Waals surface area contributed by atoms with Crippen LogP contribution in [0.3, 0.4) is 0 Å². The molecule has 3 rings (SSSR count). The lowest BCUT2D eigenvalue weighted by Gasteiger charge is -2.11. The van der Waals surface area contributed by atoms with Crippen LogP contribution in [-0.4, -0.2) is 20.1 Å². The number of hydrogen-bond acceptors (Lipinski definition) is 4. The summed E-state index contributed by atoms with van der Waals surface area (Å²) in [5.74, 6) is -0.741. The van der Waals surface area contributed by atoms with Crippen LogP contribution >= 0.6 is 0 Å². The maximum Gasteiger partial charge on any atom is 0.255 e. The number of carbonyl (C=O) groups excluding carboxylic acids is 1. The average Bonchev–Trinajstić information content (AvgIpc) is 2.71. The zero-order chi connectivity index (χ0) is 20.1. The number of methoxy groups -OCH3 is 2. The molecule has 0 spiro atoms. The van der Waals surface area contributed by atoms with E-state index in [-0.39, 0.29) is 11.6 Å². The van der Waals surface area contributed by atoms with Gasteiger partial charge in [0.15, 0.2) is 11.5 Å². The summed E-state index contributed by atoms with van der Waals surface area (Å²) in [7, 11) is 3.00. The molecule has 144 valence electrons. The van der Waals surface area contributed by atoms with Gasteiger partial charge in [-0.05, 0) is 54.6 Å². The van der Waals surface area contributed by atoms with Gasteiger partial charge in [-0.2, -0.15) is 0 Å². The van der Waals surface area contributed by atoms with Crippen molar-refractivity contribution in [3.8, 4) is 11.5 Å². The van der Waals surface area contributed by atoms with Crippen LogP contribution in [0, 0.1) is 11.6 Å². The van der Waals surface area contributed by atoms with Crippen molar-refractivity contribution in [2.45, 2.75) is 0 Å². The van der Waals surface area contributed by atoms with Crippen LogP contribution < -0.4 is 20.1 Å². The molecule has 0 heterocycles. The number of para-hydroxylation sites is 1. The van der Waals surface area contributed by atoms with Crippen molar-refractivity contribution >= 4 is 23.0 Å². The maximum atomic E-state index is 13.7. The van der Waals surface area contributed by atoms with Gasteiger partial charge >= 0.3 is 0 Å². The first-order valence-corrected chi connectivity index (χ1v) is 8.36. The molecule has 0 fully saturated rings. The highest BCUT2D eigenvalue weighted by Gasteiger charge is 2.12. The molecule has 5 nitrogen and oxygen atoms in total. The minimum atomic E-state index is -0.689. The predicted octanol–water partition coefficient (Wildman–Crippen LogP) is 4.98. The molecule has 3 aromatic rings. The second-order valence-corrected chi connectivity index (χ2v) is 5.82. The number of nitrogens with one attached hydrogen (secondary N) is 2. The minimum absolute atomic E-state index is 0.232. The molecule has 0 aliphatic carbocycles. The molecular formula is C21H18F2N2O3. The molecular weight excluding hydrogens is 366 g/mol. The Morgan fingerprint density at radius 3 is 2.04 bits per heavy atom. The van der Waals surface area contributed by atoms with Crippen LogP contribution in [0.5, 0.6) is 11.5 Å². The average molecular weight is 384 g/mol. The van der Waals surface area contributed by atoms with Gasteiger partial charge in [-0.1, -0.05) is 6.07 Å². The first-order valence-electron chi connectivity index (χ1n) is 8.36. The molecule has 0 radical (unpaired) electrons. The third-order valence-electron chi connectivity index (χ3n) is 4.02. The van der Waals surface area contributed by atoms with E-state index in [1.165, 1.54) is 32.4 Å². The topological polar surface area (TPSA) is 59.6 Å². The van der Waals surface area contributed by atoms with Crippen molar-refractivity contribution in [3.63, 3.8) is 0 Å². The standard InChI is InChI=1S/C21H18F2N2O3/c1-27-18-11-6-13(12-19(18)28-2)21(26)25-15-9-7-14(8-10-15)24-20-16(22)4-3-5-17(20)23/h3-12,24H,1-2H3,(H,25,26). The van der Waals surface area contributed by atoms with Crippen LogP contribution in [0.2, 0.25) is 0 Å². The number of ether oxygens (including phenoxy) is 2. The fraction of sp³-hybridized carbons (Fsp3) is 0.0952. The SMILES string of the molecule is COc1ccc(C(=O)Nc2ccc(Nc3c(F)cccc3F)cc2)cc1OC. The van der Waals surface area contributed by atoms with E-state index in [0.717, 1.165) is 0 Å². The zero-order valence-corrected chi connectivity index (χ0v) is 15.3. The van der Waals surface area contributed by atoms with E-state index < -0.39 is 11.6 Å². The molecule has 0 aliphatic heterocycles. The number of anilines is 3. The molecule has 0 atom stereocenters. The fourth-order valence-electron chi connectivity index (χ4n) is 2.58. The van der Waals surface area contributed by atoms with Gasteiger partial charge in [0.05, 0.1) is 14.2 Å². The van der Waals surface area contributed by atoms with Crippen molar-refractivity contribution in [2.24, 2.45) is 0 Å². The second kappa shape index (κ2) is 8.39. The summed E-state index contributed by atoms with van der Waals surface area (Å²) in [6, 6.07) is 14.9. The largest absolute Gasteiger partial charge is 0.493 e. The van der Waals surface area contributed by atoms with Crippen LogP contribution in [0.25, 0.3) is 0 Å².